The molecule has 0 saturated carbocycles. The Morgan fingerprint density at radius 2 is 2.41 bits per heavy atom. The molecule has 0 spiro atoms. The highest BCUT2D eigenvalue weighted by Gasteiger charge is 2.12. The summed E-state index contributed by atoms with van der Waals surface area (Å²) < 4.78 is 0. The van der Waals surface area contributed by atoms with Gasteiger partial charge in [-0.3, -0.25) is 9.79 Å². The van der Waals surface area contributed by atoms with E-state index in [1.54, 1.807) is 6.07 Å². The van der Waals surface area contributed by atoms with Gasteiger partial charge in [0.1, 0.15) is 0 Å². The molecule has 2 rings (SSSR count). The first kappa shape index (κ1) is 11.4. The van der Waals surface area contributed by atoms with Crippen LogP contribution in [0.5, 0.6) is 0 Å². The van der Waals surface area contributed by atoms with Gasteiger partial charge in [0.2, 0.25) is 0 Å². The highest BCUT2D eigenvalue weighted by Crippen LogP contribution is 2.13. The summed E-state index contributed by atoms with van der Waals surface area (Å²) in [5.74, 6) is 0.00921. The third-order valence-corrected chi connectivity index (χ3v) is 2.60. The molecule has 90 valence electrons. The minimum atomic E-state index is -0.822. The first-order valence-corrected chi connectivity index (χ1v) is 5.48. The van der Waals surface area contributed by atoms with Crippen molar-refractivity contribution in [3.05, 3.63) is 29.8 Å². The van der Waals surface area contributed by atoms with E-state index in [9.17, 15) is 4.79 Å². The molecule has 1 aromatic rings. The van der Waals surface area contributed by atoms with Gasteiger partial charge in [-0.05, 0) is 17.7 Å². The number of carbonyl (C=O) groups is 1. The van der Waals surface area contributed by atoms with Gasteiger partial charge in [-0.1, -0.05) is 12.1 Å². The third-order valence-electron chi connectivity index (χ3n) is 2.60. The van der Waals surface area contributed by atoms with Gasteiger partial charge in [0, 0.05) is 19.3 Å². The van der Waals surface area contributed by atoms with Crippen LogP contribution < -0.4 is 5.32 Å². The van der Waals surface area contributed by atoms with Crippen LogP contribution in [0.1, 0.15) is 5.56 Å². The van der Waals surface area contributed by atoms with Crippen molar-refractivity contribution >= 4 is 17.6 Å². The standard InChI is InChI=1S/C12H15N3O2/c1-15-6-5-13-12(15)14-10-4-2-3-9(7-10)8-11(16)17/h2-4,7H,5-6,8H2,1H3,(H,13,14)(H,16,17). The lowest BCUT2D eigenvalue weighted by atomic mass is 10.1. The molecule has 0 amide bonds. The maximum Gasteiger partial charge on any atom is 0.307 e. The Labute approximate surface area is 99.8 Å². The second kappa shape index (κ2) is 4.86. The fourth-order valence-corrected chi connectivity index (χ4v) is 1.73. The molecule has 0 saturated heterocycles. The SMILES string of the molecule is CN1CCN=C1Nc1cccc(CC(=O)O)c1. The lowest BCUT2D eigenvalue weighted by Crippen LogP contribution is -2.29. The van der Waals surface area contributed by atoms with Crippen molar-refractivity contribution in [1.29, 1.82) is 0 Å². The van der Waals surface area contributed by atoms with Gasteiger partial charge < -0.3 is 15.3 Å². The van der Waals surface area contributed by atoms with Crippen LogP contribution in [0.25, 0.3) is 0 Å². The zero-order chi connectivity index (χ0) is 12.3. The topological polar surface area (TPSA) is 64.9 Å². The van der Waals surface area contributed by atoms with E-state index in [2.05, 4.69) is 10.3 Å². The van der Waals surface area contributed by atoms with Crippen molar-refractivity contribution in [2.75, 3.05) is 25.5 Å². The second-order valence-corrected chi connectivity index (χ2v) is 4.02. The number of anilines is 1. The average molecular weight is 233 g/mol. The number of hydrogen-bond donors (Lipinski definition) is 2. The maximum atomic E-state index is 10.6. The summed E-state index contributed by atoms with van der Waals surface area (Å²) in [6.45, 7) is 1.71. The van der Waals surface area contributed by atoms with Gasteiger partial charge in [-0.25, -0.2) is 0 Å². The molecule has 2 N–H and O–H groups in total. The number of benzene rings is 1. The molecule has 0 fully saturated rings. The highest BCUT2D eigenvalue weighted by molar-refractivity contribution is 5.94. The smallest absolute Gasteiger partial charge is 0.307 e. The van der Waals surface area contributed by atoms with E-state index in [0.29, 0.717) is 0 Å². The maximum absolute atomic E-state index is 10.6. The van der Waals surface area contributed by atoms with Crippen LogP contribution in [0.4, 0.5) is 5.69 Å². The lowest BCUT2D eigenvalue weighted by molar-refractivity contribution is -0.136. The summed E-state index contributed by atoms with van der Waals surface area (Å²) in [7, 11) is 1.97. The Morgan fingerprint density at radius 1 is 1.59 bits per heavy atom. The Kier molecular flexibility index (Phi) is 3.27. The Bertz CT molecular complexity index is 457. The zero-order valence-corrected chi connectivity index (χ0v) is 9.68. The third kappa shape index (κ3) is 2.96. The van der Waals surface area contributed by atoms with Crippen LogP contribution in [0, 0.1) is 0 Å². The number of carboxylic acid groups (broad SMARTS) is 1. The number of aliphatic carboxylic acids is 1. The number of guanidine groups is 1. The summed E-state index contributed by atoms with van der Waals surface area (Å²) in [5, 5.41) is 11.9. The van der Waals surface area contributed by atoms with E-state index in [1.165, 1.54) is 0 Å². The van der Waals surface area contributed by atoms with Crippen LogP contribution in [0.2, 0.25) is 0 Å². The van der Waals surface area contributed by atoms with Crippen molar-refractivity contribution in [1.82, 2.24) is 4.90 Å². The molecule has 0 unspecified atom stereocenters. The minimum Gasteiger partial charge on any atom is -0.481 e. The van der Waals surface area contributed by atoms with E-state index >= 15 is 0 Å². The lowest BCUT2D eigenvalue weighted by Gasteiger charge is -2.15. The van der Waals surface area contributed by atoms with Gasteiger partial charge in [0.15, 0.2) is 5.96 Å². The molecule has 0 radical (unpaired) electrons. The minimum absolute atomic E-state index is 0.0395. The monoisotopic (exact) mass is 233 g/mol. The van der Waals surface area contributed by atoms with E-state index in [-0.39, 0.29) is 6.42 Å². The van der Waals surface area contributed by atoms with Crippen molar-refractivity contribution in [2.45, 2.75) is 6.42 Å². The molecule has 1 aromatic carbocycles. The molecular weight excluding hydrogens is 218 g/mol. The molecule has 1 aliphatic rings. The van der Waals surface area contributed by atoms with Crippen LogP contribution >= 0.6 is 0 Å². The van der Waals surface area contributed by atoms with Crippen molar-refractivity contribution in [2.24, 2.45) is 4.99 Å². The number of hydrogen-bond acceptors (Lipinski definition) is 4. The summed E-state index contributed by atoms with van der Waals surface area (Å²) in [4.78, 5) is 17.0. The van der Waals surface area contributed by atoms with Gasteiger partial charge in [-0.2, -0.15) is 0 Å². The Balaban J connectivity index is 2.08. The molecule has 1 aliphatic heterocycles. The first-order chi connectivity index (χ1) is 8.15. The summed E-state index contributed by atoms with van der Waals surface area (Å²) in [5.41, 5.74) is 1.65. The van der Waals surface area contributed by atoms with Gasteiger partial charge in [0.05, 0.1) is 13.0 Å². The molecule has 0 aliphatic carbocycles. The molecule has 0 aromatic heterocycles. The first-order valence-electron chi connectivity index (χ1n) is 5.48. The highest BCUT2D eigenvalue weighted by atomic mass is 16.4. The molecule has 0 bridgehead atoms. The van der Waals surface area contributed by atoms with Crippen LogP contribution in [-0.2, 0) is 11.2 Å². The predicted molar refractivity (Wildman–Crippen MR) is 66.3 cm³/mol. The number of nitrogens with one attached hydrogen (secondary N) is 1. The van der Waals surface area contributed by atoms with E-state index in [1.807, 2.05) is 30.1 Å². The van der Waals surface area contributed by atoms with Crippen LogP contribution in [-0.4, -0.2) is 42.1 Å². The summed E-state index contributed by atoms with van der Waals surface area (Å²) in [6.07, 6.45) is 0.0395. The number of nitrogens with zero attached hydrogens (tertiary/aromatic N) is 2. The second-order valence-electron chi connectivity index (χ2n) is 4.02. The van der Waals surface area contributed by atoms with E-state index in [0.717, 1.165) is 30.3 Å². The van der Waals surface area contributed by atoms with Gasteiger partial charge in [-0.15, -0.1) is 0 Å². The fraction of sp³-hybridized carbons (Fsp3) is 0.333. The van der Waals surface area contributed by atoms with Crippen LogP contribution in [0.15, 0.2) is 29.3 Å². The van der Waals surface area contributed by atoms with Crippen LogP contribution in [0.3, 0.4) is 0 Å². The van der Waals surface area contributed by atoms with Crippen molar-refractivity contribution in [3.8, 4) is 0 Å². The number of carboxylic acids is 1. The van der Waals surface area contributed by atoms with Crippen molar-refractivity contribution in [3.63, 3.8) is 0 Å². The van der Waals surface area contributed by atoms with Crippen molar-refractivity contribution < 1.29 is 9.90 Å². The zero-order valence-electron chi connectivity index (χ0n) is 9.68. The number of likely N-dealkylation sites (N-methyl/N-ethyl adjacent to an activating group) is 1. The number of aliphatic imine (C=N–C) groups is 1. The van der Waals surface area contributed by atoms with Gasteiger partial charge in [0.25, 0.3) is 0 Å². The molecule has 5 nitrogen and oxygen atoms in total. The number of rotatable bonds is 3. The van der Waals surface area contributed by atoms with E-state index in [4.69, 9.17) is 5.11 Å². The Hall–Kier alpha value is -2.04. The average Bonchev–Trinajstić information content (AvgIpc) is 2.64. The molecule has 1 heterocycles. The van der Waals surface area contributed by atoms with Gasteiger partial charge >= 0.3 is 5.97 Å². The Morgan fingerprint density at radius 3 is 3.06 bits per heavy atom. The molecule has 0 atom stereocenters. The quantitative estimate of drug-likeness (QED) is 0.818. The molecule has 5 heteroatoms. The predicted octanol–water partition coefficient (Wildman–Crippen LogP) is 1.03. The largest absolute Gasteiger partial charge is 0.481 e. The molecular formula is C12H15N3O2. The fourth-order valence-electron chi connectivity index (χ4n) is 1.73. The molecule has 17 heavy (non-hydrogen) atoms. The summed E-state index contributed by atoms with van der Waals surface area (Å²) >= 11 is 0. The van der Waals surface area contributed by atoms with E-state index < -0.39 is 5.97 Å². The normalized spacial score (nSPS) is 14.6. The summed E-state index contributed by atoms with van der Waals surface area (Å²) in [6, 6.07) is 7.39.